The molecule has 4 heteroatoms. The Balaban J connectivity index is 1.91. The normalized spacial score (nSPS) is 10.3. The van der Waals surface area contributed by atoms with E-state index < -0.39 is 0 Å². The molecular weight excluding hydrogens is 254 g/mol. The second-order valence-electron chi connectivity index (χ2n) is 4.67. The van der Waals surface area contributed by atoms with Gasteiger partial charge < -0.3 is 14.5 Å². The first-order valence-corrected chi connectivity index (χ1v) is 6.59. The summed E-state index contributed by atoms with van der Waals surface area (Å²) in [6, 6.07) is 9.55. The predicted molar refractivity (Wildman–Crippen MR) is 77.2 cm³/mol. The van der Waals surface area contributed by atoms with Crippen molar-refractivity contribution in [2.75, 3.05) is 13.7 Å². The molecule has 0 aliphatic rings. The van der Waals surface area contributed by atoms with Gasteiger partial charge in [-0.25, -0.2) is 0 Å². The maximum atomic E-state index is 11.9. The van der Waals surface area contributed by atoms with Crippen molar-refractivity contribution in [1.29, 1.82) is 0 Å². The number of aryl methyl sites for hydroxylation is 2. The van der Waals surface area contributed by atoms with Crippen molar-refractivity contribution in [2.45, 2.75) is 20.3 Å². The van der Waals surface area contributed by atoms with Crippen molar-refractivity contribution in [3.63, 3.8) is 0 Å². The Bertz CT molecular complexity index is 582. The highest BCUT2D eigenvalue weighted by Crippen LogP contribution is 2.17. The van der Waals surface area contributed by atoms with Crippen LogP contribution in [0.5, 0.6) is 5.75 Å². The second-order valence-corrected chi connectivity index (χ2v) is 4.67. The van der Waals surface area contributed by atoms with E-state index in [1.165, 1.54) is 0 Å². The molecule has 1 aromatic heterocycles. The summed E-state index contributed by atoms with van der Waals surface area (Å²) in [7, 11) is 1.64. The van der Waals surface area contributed by atoms with Crippen LogP contribution in [0.4, 0.5) is 0 Å². The van der Waals surface area contributed by atoms with Gasteiger partial charge in [0.1, 0.15) is 11.5 Å². The van der Waals surface area contributed by atoms with Crippen LogP contribution in [0.25, 0.3) is 0 Å². The van der Waals surface area contributed by atoms with Gasteiger partial charge in [0.2, 0.25) is 0 Å². The van der Waals surface area contributed by atoms with E-state index in [0.717, 1.165) is 22.6 Å². The number of amides is 1. The van der Waals surface area contributed by atoms with Crippen LogP contribution >= 0.6 is 0 Å². The molecule has 0 radical (unpaired) electrons. The highest BCUT2D eigenvalue weighted by atomic mass is 16.5. The van der Waals surface area contributed by atoms with Gasteiger partial charge in [-0.3, -0.25) is 4.79 Å². The number of para-hydroxylation sites is 1. The molecule has 4 nitrogen and oxygen atoms in total. The van der Waals surface area contributed by atoms with Crippen LogP contribution in [0.1, 0.15) is 27.4 Å². The summed E-state index contributed by atoms with van der Waals surface area (Å²) in [6.07, 6.45) is 0.717. The van der Waals surface area contributed by atoms with E-state index in [0.29, 0.717) is 18.7 Å². The molecule has 1 heterocycles. The van der Waals surface area contributed by atoms with Crippen LogP contribution in [0.2, 0.25) is 0 Å². The van der Waals surface area contributed by atoms with E-state index in [4.69, 9.17) is 9.15 Å². The molecule has 2 aromatic rings. The third-order valence-electron chi connectivity index (χ3n) is 3.26. The number of carbonyl (C=O) groups excluding carboxylic acids is 1. The minimum atomic E-state index is -0.184. The molecule has 2 rings (SSSR count). The average Bonchev–Trinajstić information content (AvgIpc) is 2.79. The molecule has 20 heavy (non-hydrogen) atoms. The van der Waals surface area contributed by atoms with Gasteiger partial charge in [-0.1, -0.05) is 18.2 Å². The Hall–Kier alpha value is -2.23. The van der Waals surface area contributed by atoms with Crippen LogP contribution in [0, 0.1) is 13.8 Å². The molecular formula is C16H19NO3. The Kier molecular flexibility index (Phi) is 4.45. The number of hydrogen-bond donors (Lipinski definition) is 1. The summed E-state index contributed by atoms with van der Waals surface area (Å²) >= 11 is 0. The average molecular weight is 273 g/mol. The Morgan fingerprint density at radius 3 is 2.70 bits per heavy atom. The smallest absolute Gasteiger partial charge is 0.287 e. The number of ether oxygens (including phenoxy) is 1. The fourth-order valence-corrected chi connectivity index (χ4v) is 1.99. The van der Waals surface area contributed by atoms with Gasteiger partial charge in [-0.15, -0.1) is 0 Å². The molecule has 1 aromatic carbocycles. The first-order chi connectivity index (χ1) is 9.61. The van der Waals surface area contributed by atoms with Crippen molar-refractivity contribution < 1.29 is 13.9 Å². The van der Waals surface area contributed by atoms with Gasteiger partial charge in [-0.05, 0) is 43.5 Å². The molecule has 0 aliphatic carbocycles. The van der Waals surface area contributed by atoms with E-state index in [2.05, 4.69) is 5.32 Å². The minimum absolute atomic E-state index is 0.184. The van der Waals surface area contributed by atoms with Crippen molar-refractivity contribution in [2.24, 2.45) is 0 Å². The van der Waals surface area contributed by atoms with Crippen LogP contribution in [-0.4, -0.2) is 19.6 Å². The summed E-state index contributed by atoms with van der Waals surface area (Å²) in [6.45, 7) is 4.31. The molecule has 0 spiro atoms. The van der Waals surface area contributed by atoms with Gasteiger partial charge in [0, 0.05) is 6.54 Å². The predicted octanol–water partition coefficient (Wildman–Crippen LogP) is 2.88. The molecule has 0 fully saturated rings. The number of hydrogen-bond acceptors (Lipinski definition) is 3. The minimum Gasteiger partial charge on any atom is -0.496 e. The third-order valence-corrected chi connectivity index (χ3v) is 3.26. The monoisotopic (exact) mass is 273 g/mol. The number of carbonyl (C=O) groups is 1. The maximum Gasteiger partial charge on any atom is 0.287 e. The number of nitrogens with one attached hydrogen (secondary N) is 1. The Labute approximate surface area is 118 Å². The molecule has 0 saturated heterocycles. The highest BCUT2D eigenvalue weighted by molar-refractivity contribution is 5.91. The topological polar surface area (TPSA) is 51.5 Å². The quantitative estimate of drug-likeness (QED) is 0.911. The van der Waals surface area contributed by atoms with E-state index in [1.54, 1.807) is 13.2 Å². The molecule has 0 aliphatic heterocycles. The number of furan rings is 1. The largest absolute Gasteiger partial charge is 0.496 e. The first-order valence-electron chi connectivity index (χ1n) is 6.59. The second kappa shape index (κ2) is 6.28. The molecule has 0 bridgehead atoms. The highest BCUT2D eigenvalue weighted by Gasteiger charge is 2.12. The summed E-state index contributed by atoms with van der Waals surface area (Å²) in [4.78, 5) is 11.9. The van der Waals surface area contributed by atoms with Crippen molar-refractivity contribution in [1.82, 2.24) is 5.32 Å². The zero-order valence-corrected chi connectivity index (χ0v) is 12.0. The lowest BCUT2D eigenvalue weighted by Crippen LogP contribution is -2.25. The molecule has 0 saturated carbocycles. The van der Waals surface area contributed by atoms with Crippen LogP contribution in [0.3, 0.4) is 0 Å². The van der Waals surface area contributed by atoms with Crippen molar-refractivity contribution in [3.8, 4) is 5.75 Å². The number of rotatable bonds is 5. The standard InChI is InChI=1S/C16H19NO3/c1-11-10-15(20-12(11)2)16(18)17-9-8-13-6-4-5-7-14(13)19-3/h4-7,10H,8-9H2,1-3H3,(H,17,18). The summed E-state index contributed by atoms with van der Waals surface area (Å²) in [5.41, 5.74) is 2.06. The Morgan fingerprint density at radius 1 is 1.30 bits per heavy atom. The third kappa shape index (κ3) is 3.20. The lowest BCUT2D eigenvalue weighted by molar-refractivity contribution is 0.0925. The molecule has 106 valence electrons. The van der Waals surface area contributed by atoms with Gasteiger partial charge >= 0.3 is 0 Å². The van der Waals surface area contributed by atoms with Crippen LogP contribution in [-0.2, 0) is 6.42 Å². The Morgan fingerprint density at radius 2 is 2.05 bits per heavy atom. The van der Waals surface area contributed by atoms with Crippen LogP contribution in [0.15, 0.2) is 34.7 Å². The lowest BCUT2D eigenvalue weighted by atomic mass is 10.1. The number of methoxy groups -OCH3 is 1. The van der Waals surface area contributed by atoms with Gasteiger partial charge in [0.05, 0.1) is 7.11 Å². The van der Waals surface area contributed by atoms with Crippen LogP contribution < -0.4 is 10.1 Å². The van der Waals surface area contributed by atoms with Gasteiger partial charge in [-0.2, -0.15) is 0 Å². The molecule has 1 N–H and O–H groups in total. The fraction of sp³-hybridized carbons (Fsp3) is 0.312. The van der Waals surface area contributed by atoms with E-state index in [9.17, 15) is 4.79 Å². The van der Waals surface area contributed by atoms with Crippen molar-refractivity contribution in [3.05, 3.63) is 53.0 Å². The summed E-state index contributed by atoms with van der Waals surface area (Å²) in [5.74, 6) is 1.79. The van der Waals surface area contributed by atoms with E-state index in [1.807, 2.05) is 38.1 Å². The lowest BCUT2D eigenvalue weighted by Gasteiger charge is -2.08. The van der Waals surface area contributed by atoms with Gasteiger partial charge in [0.15, 0.2) is 5.76 Å². The fourth-order valence-electron chi connectivity index (χ4n) is 1.99. The zero-order chi connectivity index (χ0) is 14.5. The first kappa shape index (κ1) is 14.2. The number of benzene rings is 1. The SMILES string of the molecule is COc1ccccc1CCNC(=O)c1cc(C)c(C)o1. The molecule has 1 amide bonds. The van der Waals surface area contributed by atoms with E-state index in [-0.39, 0.29) is 5.91 Å². The molecule has 0 unspecified atom stereocenters. The van der Waals surface area contributed by atoms with Gasteiger partial charge in [0.25, 0.3) is 5.91 Å². The molecule has 0 atom stereocenters. The summed E-state index contributed by atoms with van der Waals surface area (Å²) < 4.78 is 10.7. The summed E-state index contributed by atoms with van der Waals surface area (Å²) in [5, 5.41) is 2.85. The van der Waals surface area contributed by atoms with Crippen molar-refractivity contribution >= 4 is 5.91 Å². The van der Waals surface area contributed by atoms with E-state index >= 15 is 0 Å². The zero-order valence-electron chi connectivity index (χ0n) is 12.0. The maximum absolute atomic E-state index is 11.9.